The van der Waals surface area contributed by atoms with E-state index in [0.717, 1.165) is 5.56 Å². The van der Waals surface area contributed by atoms with Crippen LogP contribution in [0.25, 0.3) is 0 Å². The van der Waals surface area contributed by atoms with Crippen molar-refractivity contribution in [2.45, 2.75) is 25.9 Å². The Morgan fingerprint density at radius 3 is 2.19 bits per heavy atom. The molecule has 0 bridgehead atoms. The first-order valence-electron chi connectivity index (χ1n) is 9.91. The van der Waals surface area contributed by atoms with Gasteiger partial charge < -0.3 is 0 Å². The second-order valence-corrected chi connectivity index (χ2v) is 7.97. The summed E-state index contributed by atoms with van der Waals surface area (Å²) in [4.78, 5) is 50.0. The standard InChI is InChI=1S/C23H21ClN4O3/c1-4-28-21(30)20-23(26-14(2)25-20,27(3)22(28)31)13-15-5-7-16(8-6-15)19(29)17-9-11-18(24)12-10-17/h5-12H,4,13H2,1-3H3. The van der Waals surface area contributed by atoms with Crippen LogP contribution in [-0.2, 0) is 11.2 Å². The van der Waals surface area contributed by atoms with Crippen LogP contribution in [0, 0.1) is 0 Å². The summed E-state index contributed by atoms with van der Waals surface area (Å²) in [5.41, 5.74) is 0.978. The van der Waals surface area contributed by atoms with Gasteiger partial charge in [-0.05, 0) is 43.7 Å². The second-order valence-electron chi connectivity index (χ2n) is 7.54. The fourth-order valence-electron chi connectivity index (χ4n) is 3.95. The molecule has 2 aliphatic rings. The first-order chi connectivity index (χ1) is 14.8. The van der Waals surface area contributed by atoms with E-state index < -0.39 is 17.6 Å². The Labute approximate surface area is 185 Å². The molecule has 0 saturated carbocycles. The number of hydrogen-bond donors (Lipinski definition) is 0. The van der Waals surface area contributed by atoms with Crippen LogP contribution >= 0.6 is 11.6 Å². The van der Waals surface area contributed by atoms with Gasteiger partial charge in [0.1, 0.15) is 5.84 Å². The first-order valence-corrected chi connectivity index (χ1v) is 10.3. The average molecular weight is 437 g/mol. The maximum atomic E-state index is 12.9. The fraction of sp³-hybridized carbons (Fsp3) is 0.261. The average Bonchev–Trinajstić information content (AvgIpc) is 3.10. The van der Waals surface area contributed by atoms with Gasteiger partial charge in [-0.3, -0.25) is 19.4 Å². The molecule has 2 heterocycles. The summed E-state index contributed by atoms with van der Waals surface area (Å²) in [6.45, 7) is 3.72. The van der Waals surface area contributed by atoms with E-state index in [9.17, 15) is 14.4 Å². The molecule has 3 amide bonds. The summed E-state index contributed by atoms with van der Waals surface area (Å²) in [6.07, 6.45) is 0.282. The maximum Gasteiger partial charge on any atom is 0.328 e. The molecular weight excluding hydrogens is 416 g/mol. The SMILES string of the molecule is CCN1C(=O)C2=NC(C)=NC2(Cc2ccc(C(=O)c3ccc(Cl)cc3)cc2)N(C)C1=O. The monoisotopic (exact) mass is 436 g/mol. The van der Waals surface area contributed by atoms with Crippen molar-refractivity contribution in [2.75, 3.05) is 13.6 Å². The smallest absolute Gasteiger partial charge is 0.297 e. The Bertz CT molecular complexity index is 1140. The number of carbonyl (C=O) groups excluding carboxylic acids is 3. The topological polar surface area (TPSA) is 82.4 Å². The summed E-state index contributed by atoms with van der Waals surface area (Å²) < 4.78 is 0. The van der Waals surface area contributed by atoms with Crippen LogP contribution in [0.5, 0.6) is 0 Å². The zero-order chi connectivity index (χ0) is 22.3. The van der Waals surface area contributed by atoms with Gasteiger partial charge in [-0.1, -0.05) is 35.9 Å². The second kappa shape index (κ2) is 7.74. The number of nitrogens with zero attached hydrogens (tertiary/aromatic N) is 4. The van der Waals surface area contributed by atoms with E-state index in [-0.39, 0.29) is 24.5 Å². The lowest BCUT2D eigenvalue weighted by Crippen LogP contribution is -2.67. The Morgan fingerprint density at radius 2 is 1.61 bits per heavy atom. The number of imide groups is 1. The van der Waals surface area contributed by atoms with E-state index >= 15 is 0 Å². The van der Waals surface area contributed by atoms with E-state index in [1.165, 1.54) is 9.80 Å². The lowest BCUT2D eigenvalue weighted by Gasteiger charge is -2.43. The lowest BCUT2D eigenvalue weighted by atomic mass is 9.90. The first kappa shape index (κ1) is 20.9. The van der Waals surface area contributed by atoms with Gasteiger partial charge in [0, 0.05) is 36.2 Å². The summed E-state index contributed by atoms with van der Waals surface area (Å²) in [5, 5.41) is 0.568. The Hall–Kier alpha value is -3.32. The van der Waals surface area contributed by atoms with E-state index in [0.29, 0.717) is 22.0 Å². The number of rotatable bonds is 5. The summed E-state index contributed by atoms with van der Waals surface area (Å²) >= 11 is 5.89. The van der Waals surface area contributed by atoms with Crippen LogP contribution in [0.15, 0.2) is 58.5 Å². The molecule has 158 valence electrons. The maximum absolute atomic E-state index is 12.9. The number of amides is 3. The van der Waals surface area contributed by atoms with Crippen LogP contribution < -0.4 is 0 Å². The largest absolute Gasteiger partial charge is 0.328 e. The van der Waals surface area contributed by atoms with Gasteiger partial charge in [-0.2, -0.15) is 0 Å². The highest BCUT2D eigenvalue weighted by Gasteiger charge is 2.55. The zero-order valence-electron chi connectivity index (χ0n) is 17.4. The van der Waals surface area contributed by atoms with E-state index in [4.69, 9.17) is 11.6 Å². The molecule has 4 rings (SSSR count). The lowest BCUT2D eigenvalue weighted by molar-refractivity contribution is -0.123. The molecule has 0 aliphatic carbocycles. The summed E-state index contributed by atoms with van der Waals surface area (Å²) in [6, 6.07) is 13.4. The minimum atomic E-state index is -1.17. The molecule has 0 N–H and O–H groups in total. The summed E-state index contributed by atoms with van der Waals surface area (Å²) in [5.74, 6) is -0.0756. The van der Waals surface area contributed by atoms with Crippen molar-refractivity contribution in [3.63, 3.8) is 0 Å². The third-order valence-electron chi connectivity index (χ3n) is 5.61. The third-order valence-corrected chi connectivity index (χ3v) is 5.86. The van der Waals surface area contributed by atoms with Crippen molar-refractivity contribution in [1.29, 1.82) is 0 Å². The van der Waals surface area contributed by atoms with Crippen LogP contribution in [0.3, 0.4) is 0 Å². The van der Waals surface area contributed by atoms with Gasteiger partial charge in [0.15, 0.2) is 17.2 Å². The van der Waals surface area contributed by atoms with E-state index in [1.807, 2.05) is 12.1 Å². The van der Waals surface area contributed by atoms with Crippen molar-refractivity contribution in [1.82, 2.24) is 9.80 Å². The van der Waals surface area contributed by atoms with E-state index in [2.05, 4.69) is 9.98 Å². The minimum absolute atomic E-state index is 0.114. The number of likely N-dealkylation sites (N-methyl/N-ethyl adjacent to an activating group) is 1. The predicted octanol–water partition coefficient (Wildman–Crippen LogP) is 3.60. The van der Waals surface area contributed by atoms with Crippen molar-refractivity contribution in [3.8, 4) is 0 Å². The molecule has 2 aliphatic heterocycles. The molecule has 0 radical (unpaired) electrons. The van der Waals surface area contributed by atoms with Gasteiger partial charge in [-0.15, -0.1) is 0 Å². The van der Waals surface area contributed by atoms with Gasteiger partial charge in [0.2, 0.25) is 0 Å². The van der Waals surface area contributed by atoms with Gasteiger partial charge in [0.25, 0.3) is 5.91 Å². The van der Waals surface area contributed by atoms with Crippen molar-refractivity contribution in [2.24, 2.45) is 9.98 Å². The number of ketones is 1. The fourth-order valence-corrected chi connectivity index (χ4v) is 4.08. The van der Waals surface area contributed by atoms with Crippen LogP contribution in [0.1, 0.15) is 35.3 Å². The number of amidine groups is 1. The van der Waals surface area contributed by atoms with Gasteiger partial charge in [-0.25, -0.2) is 14.8 Å². The van der Waals surface area contributed by atoms with Crippen molar-refractivity contribution in [3.05, 3.63) is 70.2 Å². The number of benzene rings is 2. The number of aliphatic imine (C=N–C) groups is 2. The molecule has 1 saturated heterocycles. The molecule has 8 heteroatoms. The van der Waals surface area contributed by atoms with Crippen LogP contribution in [0.2, 0.25) is 5.02 Å². The van der Waals surface area contributed by atoms with Crippen molar-refractivity contribution < 1.29 is 14.4 Å². The molecule has 0 aromatic heterocycles. The summed E-state index contributed by atoms with van der Waals surface area (Å²) in [7, 11) is 1.63. The van der Waals surface area contributed by atoms with Crippen LogP contribution in [0.4, 0.5) is 4.79 Å². The van der Waals surface area contributed by atoms with Crippen LogP contribution in [-0.4, -0.2) is 58.3 Å². The molecule has 1 atom stereocenters. The number of urea groups is 1. The zero-order valence-corrected chi connectivity index (χ0v) is 18.2. The number of hydrogen-bond acceptors (Lipinski definition) is 5. The predicted molar refractivity (Wildman–Crippen MR) is 119 cm³/mol. The van der Waals surface area contributed by atoms with E-state index in [1.54, 1.807) is 57.3 Å². The van der Waals surface area contributed by atoms with Gasteiger partial charge in [0.05, 0.1) is 0 Å². The molecule has 1 unspecified atom stereocenters. The highest BCUT2D eigenvalue weighted by Crippen LogP contribution is 2.33. The Kier molecular flexibility index (Phi) is 5.23. The Morgan fingerprint density at radius 1 is 1.03 bits per heavy atom. The number of carbonyl (C=O) groups is 3. The molecule has 2 aromatic rings. The molecule has 2 aromatic carbocycles. The van der Waals surface area contributed by atoms with Crippen molar-refractivity contribution >= 4 is 40.9 Å². The number of fused-ring (bicyclic) bond motifs is 1. The highest BCUT2D eigenvalue weighted by atomic mass is 35.5. The van der Waals surface area contributed by atoms with Gasteiger partial charge >= 0.3 is 6.03 Å². The Balaban J connectivity index is 1.63. The molecular formula is C23H21ClN4O3. The minimum Gasteiger partial charge on any atom is -0.297 e. The highest BCUT2D eigenvalue weighted by molar-refractivity contribution is 6.48. The normalized spacial score (nSPS) is 20.5. The quantitative estimate of drug-likeness (QED) is 0.671. The molecule has 31 heavy (non-hydrogen) atoms. The number of halogens is 1. The molecule has 0 spiro atoms. The molecule has 7 nitrogen and oxygen atoms in total. The third kappa shape index (κ3) is 3.45. The molecule has 1 fully saturated rings.